The number of amides is 1. The third-order valence-corrected chi connectivity index (χ3v) is 3.88. The van der Waals surface area contributed by atoms with Gasteiger partial charge in [-0.1, -0.05) is 17.7 Å². The van der Waals surface area contributed by atoms with Crippen molar-refractivity contribution in [3.05, 3.63) is 40.7 Å². The Balaban J connectivity index is 2.25. The minimum atomic E-state index is -0.324. The van der Waals surface area contributed by atoms with Crippen molar-refractivity contribution in [2.24, 2.45) is 0 Å². The Hall–Kier alpha value is -2.18. The first-order valence-corrected chi connectivity index (χ1v) is 7.76. The summed E-state index contributed by atoms with van der Waals surface area (Å²) in [6.07, 6.45) is 0. The highest BCUT2D eigenvalue weighted by molar-refractivity contribution is 6.34. The van der Waals surface area contributed by atoms with Crippen LogP contribution in [0.3, 0.4) is 0 Å². The van der Waals surface area contributed by atoms with Gasteiger partial charge in [-0.15, -0.1) is 21.8 Å². The van der Waals surface area contributed by atoms with Gasteiger partial charge in [0.25, 0.3) is 5.78 Å². The van der Waals surface area contributed by atoms with Crippen LogP contribution in [0.2, 0.25) is 5.02 Å². The normalized spacial score (nSPS) is 11.0. The van der Waals surface area contributed by atoms with Crippen LogP contribution in [0.25, 0.3) is 17.2 Å². The Morgan fingerprint density at radius 1 is 1.30 bits per heavy atom. The predicted molar refractivity (Wildman–Crippen MR) is 90.1 cm³/mol. The van der Waals surface area contributed by atoms with E-state index in [1.54, 1.807) is 22.6 Å². The number of rotatable bonds is 3. The zero-order valence-corrected chi connectivity index (χ0v) is 14.0. The van der Waals surface area contributed by atoms with E-state index in [9.17, 15) is 4.79 Å². The first-order valence-electron chi connectivity index (χ1n) is 6.85. The molecule has 0 bridgehead atoms. The molecule has 0 aliphatic carbocycles. The van der Waals surface area contributed by atoms with Crippen LogP contribution in [0.4, 0.5) is 5.69 Å². The molecule has 0 saturated heterocycles. The lowest BCUT2D eigenvalue weighted by Crippen LogP contribution is -2.13. The van der Waals surface area contributed by atoms with Crippen molar-refractivity contribution in [1.29, 1.82) is 0 Å². The van der Waals surface area contributed by atoms with E-state index in [0.29, 0.717) is 27.9 Å². The predicted octanol–water partition coefficient (Wildman–Crippen LogP) is 3.24. The summed E-state index contributed by atoms with van der Waals surface area (Å²) in [6, 6.07) is 7.14. The molecular formula is C15H13Cl2N5O. The summed E-state index contributed by atoms with van der Waals surface area (Å²) >= 11 is 11.9. The van der Waals surface area contributed by atoms with E-state index in [-0.39, 0.29) is 11.8 Å². The number of halogens is 2. The fraction of sp³-hybridized carbons (Fsp3) is 0.200. The average molecular weight is 350 g/mol. The topological polar surface area (TPSA) is 72.2 Å². The Morgan fingerprint density at radius 2 is 2.09 bits per heavy atom. The smallest absolute Gasteiger partial charge is 0.255 e. The number of carbonyl (C=O) groups excluding carboxylic acids is 1. The summed E-state index contributed by atoms with van der Waals surface area (Å²) in [5.41, 5.74) is 2.87. The van der Waals surface area contributed by atoms with Crippen LogP contribution in [0.1, 0.15) is 11.4 Å². The molecule has 118 valence electrons. The molecule has 0 saturated carbocycles. The van der Waals surface area contributed by atoms with Gasteiger partial charge in [0.1, 0.15) is 5.88 Å². The van der Waals surface area contributed by atoms with E-state index in [1.807, 2.05) is 19.9 Å². The molecule has 0 aliphatic rings. The summed E-state index contributed by atoms with van der Waals surface area (Å²) in [5, 5.41) is 11.5. The van der Waals surface area contributed by atoms with Crippen LogP contribution in [0.5, 0.6) is 0 Å². The summed E-state index contributed by atoms with van der Waals surface area (Å²) in [4.78, 5) is 16.0. The third-order valence-electron chi connectivity index (χ3n) is 3.33. The largest absolute Gasteiger partial charge is 0.324 e. The van der Waals surface area contributed by atoms with Gasteiger partial charge >= 0.3 is 0 Å². The first kappa shape index (κ1) is 15.7. The number of nitrogens with one attached hydrogen (secondary N) is 1. The van der Waals surface area contributed by atoms with Crippen molar-refractivity contribution in [2.45, 2.75) is 13.8 Å². The number of nitrogens with zero attached hydrogens (tertiary/aromatic N) is 4. The number of anilines is 1. The molecule has 3 aromatic rings. The summed E-state index contributed by atoms with van der Waals surface area (Å²) in [5.74, 6) is 0.522. The standard InChI is InChI=1S/C15H13Cl2N5O/c1-8-6-9(2)22-14(20-21-15(22)18-8)13-10(17)4-3-5-11(13)19-12(23)7-16/h3-6H,7H2,1-2H3,(H,19,23). The monoisotopic (exact) mass is 349 g/mol. The van der Waals surface area contributed by atoms with E-state index in [2.05, 4.69) is 20.5 Å². The molecule has 1 aromatic carbocycles. The number of fused-ring (bicyclic) bond motifs is 1. The first-order chi connectivity index (χ1) is 11.0. The quantitative estimate of drug-likeness (QED) is 0.736. The van der Waals surface area contributed by atoms with Crippen molar-refractivity contribution < 1.29 is 4.79 Å². The van der Waals surface area contributed by atoms with Crippen LogP contribution in [-0.2, 0) is 4.79 Å². The van der Waals surface area contributed by atoms with Gasteiger partial charge in [0, 0.05) is 11.4 Å². The fourth-order valence-corrected chi connectivity index (χ4v) is 2.76. The lowest BCUT2D eigenvalue weighted by molar-refractivity contribution is -0.113. The molecule has 8 heteroatoms. The maximum absolute atomic E-state index is 11.6. The molecule has 0 atom stereocenters. The summed E-state index contributed by atoms with van der Waals surface area (Å²) < 4.78 is 1.80. The van der Waals surface area contributed by atoms with E-state index in [1.165, 1.54) is 0 Å². The molecule has 0 fully saturated rings. The van der Waals surface area contributed by atoms with Crippen molar-refractivity contribution in [3.8, 4) is 11.4 Å². The molecule has 3 rings (SSSR count). The number of aryl methyl sites for hydroxylation is 2. The third kappa shape index (κ3) is 2.87. The maximum Gasteiger partial charge on any atom is 0.255 e. The average Bonchev–Trinajstić information content (AvgIpc) is 2.91. The van der Waals surface area contributed by atoms with Crippen molar-refractivity contribution in [3.63, 3.8) is 0 Å². The second-order valence-electron chi connectivity index (χ2n) is 5.04. The van der Waals surface area contributed by atoms with Crippen LogP contribution in [0.15, 0.2) is 24.3 Å². The Morgan fingerprint density at radius 3 is 2.83 bits per heavy atom. The number of hydrogen-bond acceptors (Lipinski definition) is 4. The van der Waals surface area contributed by atoms with Crippen LogP contribution in [0, 0.1) is 13.8 Å². The lowest BCUT2D eigenvalue weighted by atomic mass is 10.1. The Bertz CT molecular complexity index is 906. The molecular weight excluding hydrogens is 337 g/mol. The summed E-state index contributed by atoms with van der Waals surface area (Å²) in [6.45, 7) is 3.82. The molecule has 2 aromatic heterocycles. The molecule has 0 unspecified atom stereocenters. The lowest BCUT2D eigenvalue weighted by Gasteiger charge is -2.12. The van der Waals surface area contributed by atoms with Gasteiger partial charge in [-0.3, -0.25) is 9.20 Å². The van der Waals surface area contributed by atoms with Crippen LogP contribution < -0.4 is 5.32 Å². The summed E-state index contributed by atoms with van der Waals surface area (Å²) in [7, 11) is 0. The van der Waals surface area contributed by atoms with Gasteiger partial charge in [0.15, 0.2) is 5.82 Å². The van der Waals surface area contributed by atoms with Gasteiger partial charge < -0.3 is 5.32 Å². The van der Waals surface area contributed by atoms with Crippen LogP contribution >= 0.6 is 23.2 Å². The van der Waals surface area contributed by atoms with E-state index in [0.717, 1.165) is 11.4 Å². The highest BCUT2D eigenvalue weighted by Gasteiger charge is 2.19. The van der Waals surface area contributed by atoms with Crippen molar-refractivity contribution in [2.75, 3.05) is 11.2 Å². The fourth-order valence-electron chi connectivity index (χ4n) is 2.43. The second kappa shape index (κ2) is 6.14. The molecule has 0 radical (unpaired) electrons. The van der Waals surface area contributed by atoms with Gasteiger partial charge in [0.2, 0.25) is 5.91 Å². The number of aromatic nitrogens is 4. The van der Waals surface area contributed by atoms with E-state index in [4.69, 9.17) is 23.2 Å². The minimum absolute atomic E-state index is 0.147. The molecule has 2 heterocycles. The number of benzene rings is 1. The molecule has 1 amide bonds. The SMILES string of the molecule is Cc1cc(C)n2c(-c3c(Cl)cccc3NC(=O)CCl)nnc2n1. The highest BCUT2D eigenvalue weighted by atomic mass is 35.5. The highest BCUT2D eigenvalue weighted by Crippen LogP contribution is 2.34. The maximum atomic E-state index is 11.6. The molecule has 23 heavy (non-hydrogen) atoms. The molecule has 0 aliphatic heterocycles. The zero-order chi connectivity index (χ0) is 16.6. The minimum Gasteiger partial charge on any atom is -0.324 e. The number of alkyl halides is 1. The van der Waals surface area contributed by atoms with Gasteiger partial charge in [-0.25, -0.2) is 4.98 Å². The molecule has 1 N–H and O–H groups in total. The van der Waals surface area contributed by atoms with E-state index < -0.39 is 0 Å². The van der Waals surface area contributed by atoms with Gasteiger partial charge in [-0.05, 0) is 32.0 Å². The van der Waals surface area contributed by atoms with Crippen molar-refractivity contribution in [1.82, 2.24) is 19.6 Å². The Kier molecular flexibility index (Phi) is 4.19. The number of carbonyl (C=O) groups is 1. The van der Waals surface area contributed by atoms with Gasteiger partial charge in [0.05, 0.1) is 16.3 Å². The van der Waals surface area contributed by atoms with Crippen molar-refractivity contribution >= 4 is 40.6 Å². The number of hydrogen-bond donors (Lipinski definition) is 1. The van der Waals surface area contributed by atoms with Crippen LogP contribution in [-0.4, -0.2) is 31.4 Å². The second-order valence-corrected chi connectivity index (χ2v) is 5.72. The molecule has 6 nitrogen and oxygen atoms in total. The Labute approximate surface area is 142 Å². The molecule has 0 spiro atoms. The van der Waals surface area contributed by atoms with Gasteiger partial charge in [-0.2, -0.15) is 0 Å². The zero-order valence-electron chi connectivity index (χ0n) is 12.5. The van der Waals surface area contributed by atoms with E-state index >= 15 is 0 Å².